The standard InChI is InChI=1S/C28H52/c1-5-6-7-8-21-28(25-15-9-22(2)10-16-25,26-17-11-23(3)12-18-26)27-19-13-24(4)14-20-27/h22-27H,5-21H2,1-4H3. The van der Waals surface area contributed by atoms with Crippen LogP contribution in [0.25, 0.3) is 0 Å². The third kappa shape index (κ3) is 5.37. The molecule has 3 saturated carbocycles. The van der Waals surface area contributed by atoms with Gasteiger partial charge in [0, 0.05) is 0 Å². The van der Waals surface area contributed by atoms with Gasteiger partial charge in [-0.3, -0.25) is 0 Å². The van der Waals surface area contributed by atoms with Crippen molar-refractivity contribution in [1.29, 1.82) is 0 Å². The van der Waals surface area contributed by atoms with Crippen molar-refractivity contribution >= 4 is 0 Å². The molecule has 0 unspecified atom stereocenters. The van der Waals surface area contributed by atoms with E-state index in [1.807, 2.05) is 0 Å². The van der Waals surface area contributed by atoms with E-state index >= 15 is 0 Å². The monoisotopic (exact) mass is 388 g/mol. The fraction of sp³-hybridized carbons (Fsp3) is 1.00. The Morgan fingerprint density at radius 2 is 0.857 bits per heavy atom. The van der Waals surface area contributed by atoms with Gasteiger partial charge < -0.3 is 0 Å². The predicted molar refractivity (Wildman–Crippen MR) is 125 cm³/mol. The molecule has 0 amide bonds. The number of hydrogen-bond acceptors (Lipinski definition) is 0. The van der Waals surface area contributed by atoms with Gasteiger partial charge in [0.25, 0.3) is 0 Å². The summed E-state index contributed by atoms with van der Waals surface area (Å²) in [5, 5.41) is 0. The van der Waals surface area contributed by atoms with E-state index in [4.69, 9.17) is 0 Å². The van der Waals surface area contributed by atoms with Crippen LogP contribution in [0.15, 0.2) is 0 Å². The van der Waals surface area contributed by atoms with E-state index in [0.29, 0.717) is 5.41 Å². The molecule has 0 heteroatoms. The van der Waals surface area contributed by atoms with Crippen molar-refractivity contribution in [2.45, 2.75) is 137 Å². The summed E-state index contributed by atoms with van der Waals surface area (Å²) in [4.78, 5) is 0. The largest absolute Gasteiger partial charge is 0.0654 e. The average Bonchev–Trinajstić information content (AvgIpc) is 2.71. The predicted octanol–water partition coefficient (Wildman–Crippen LogP) is 9.42. The summed E-state index contributed by atoms with van der Waals surface area (Å²) in [6.07, 6.45) is 26.0. The van der Waals surface area contributed by atoms with Crippen LogP contribution in [-0.2, 0) is 0 Å². The van der Waals surface area contributed by atoms with E-state index in [9.17, 15) is 0 Å². The van der Waals surface area contributed by atoms with Crippen LogP contribution in [0.2, 0.25) is 0 Å². The van der Waals surface area contributed by atoms with Crippen molar-refractivity contribution < 1.29 is 0 Å². The molecule has 0 saturated heterocycles. The molecule has 28 heavy (non-hydrogen) atoms. The van der Waals surface area contributed by atoms with Crippen LogP contribution in [0, 0.1) is 40.9 Å². The Kier molecular flexibility index (Phi) is 8.79. The van der Waals surface area contributed by atoms with Gasteiger partial charge in [0.2, 0.25) is 0 Å². The van der Waals surface area contributed by atoms with Crippen molar-refractivity contribution in [3.05, 3.63) is 0 Å². The molecule has 3 aliphatic rings. The number of unbranched alkanes of at least 4 members (excludes halogenated alkanes) is 3. The molecule has 0 spiro atoms. The topological polar surface area (TPSA) is 0 Å². The first kappa shape index (κ1) is 22.7. The lowest BCUT2D eigenvalue weighted by molar-refractivity contribution is -0.0681. The average molecular weight is 389 g/mol. The highest BCUT2D eigenvalue weighted by molar-refractivity contribution is 5.00. The Hall–Kier alpha value is 0. The van der Waals surface area contributed by atoms with Crippen molar-refractivity contribution in [3.8, 4) is 0 Å². The maximum Gasteiger partial charge on any atom is -0.0213 e. The minimum Gasteiger partial charge on any atom is -0.0654 e. The highest BCUT2D eigenvalue weighted by atomic mass is 14.6. The Labute approximate surface area is 178 Å². The number of hydrogen-bond donors (Lipinski definition) is 0. The van der Waals surface area contributed by atoms with Gasteiger partial charge in [0.15, 0.2) is 0 Å². The van der Waals surface area contributed by atoms with E-state index in [1.165, 1.54) is 64.2 Å². The van der Waals surface area contributed by atoms with E-state index < -0.39 is 0 Å². The van der Waals surface area contributed by atoms with Gasteiger partial charge in [0.05, 0.1) is 0 Å². The van der Waals surface area contributed by atoms with Gasteiger partial charge in [-0.25, -0.2) is 0 Å². The molecule has 0 bridgehead atoms. The molecular formula is C28H52. The van der Waals surface area contributed by atoms with Crippen LogP contribution in [-0.4, -0.2) is 0 Å². The molecule has 3 aliphatic carbocycles. The van der Waals surface area contributed by atoms with Gasteiger partial charge in [-0.15, -0.1) is 0 Å². The van der Waals surface area contributed by atoms with Crippen molar-refractivity contribution in [3.63, 3.8) is 0 Å². The zero-order chi connectivity index (χ0) is 20.0. The smallest absolute Gasteiger partial charge is 0.0213 e. The fourth-order valence-corrected chi connectivity index (χ4v) is 7.86. The van der Waals surface area contributed by atoms with Crippen molar-refractivity contribution in [2.75, 3.05) is 0 Å². The normalized spacial score (nSPS) is 39.4. The summed E-state index contributed by atoms with van der Waals surface area (Å²) in [6.45, 7) is 9.93. The Balaban J connectivity index is 1.84. The molecular weight excluding hydrogens is 336 g/mol. The first-order chi connectivity index (χ1) is 13.6. The fourth-order valence-electron chi connectivity index (χ4n) is 7.86. The zero-order valence-electron chi connectivity index (χ0n) is 20.0. The molecule has 0 aromatic carbocycles. The Bertz CT molecular complexity index is 358. The van der Waals surface area contributed by atoms with Crippen LogP contribution < -0.4 is 0 Å². The lowest BCUT2D eigenvalue weighted by Crippen LogP contribution is -2.48. The molecule has 0 aromatic rings. The molecule has 0 heterocycles. The van der Waals surface area contributed by atoms with Crippen molar-refractivity contribution in [2.24, 2.45) is 40.9 Å². The second-order valence-corrected chi connectivity index (χ2v) is 11.8. The summed E-state index contributed by atoms with van der Waals surface area (Å²) in [6, 6.07) is 0. The Morgan fingerprint density at radius 3 is 1.18 bits per heavy atom. The van der Waals surface area contributed by atoms with Gasteiger partial charge in [0.1, 0.15) is 0 Å². The molecule has 164 valence electrons. The summed E-state index contributed by atoms with van der Waals surface area (Å²) in [7, 11) is 0. The van der Waals surface area contributed by atoms with Crippen molar-refractivity contribution in [1.82, 2.24) is 0 Å². The lowest BCUT2D eigenvalue weighted by Gasteiger charge is -2.56. The molecule has 0 radical (unpaired) electrons. The van der Waals surface area contributed by atoms with Crippen LogP contribution in [0.1, 0.15) is 137 Å². The summed E-state index contributed by atoms with van der Waals surface area (Å²) in [5.74, 6) is 6.15. The quantitative estimate of drug-likeness (QED) is 0.363. The lowest BCUT2D eigenvalue weighted by atomic mass is 9.49. The molecule has 0 atom stereocenters. The highest BCUT2D eigenvalue weighted by Gasteiger charge is 2.50. The Morgan fingerprint density at radius 1 is 0.500 bits per heavy atom. The third-order valence-electron chi connectivity index (χ3n) is 9.79. The van der Waals surface area contributed by atoms with Gasteiger partial charge in [-0.05, 0) is 85.9 Å². The molecule has 3 fully saturated rings. The number of rotatable bonds is 8. The first-order valence-electron chi connectivity index (χ1n) is 13.6. The molecule has 0 aliphatic heterocycles. The molecule has 3 rings (SSSR count). The second-order valence-electron chi connectivity index (χ2n) is 11.8. The summed E-state index contributed by atoms with van der Waals surface area (Å²) in [5.41, 5.74) is 0.716. The second kappa shape index (κ2) is 10.9. The van der Waals surface area contributed by atoms with Crippen LogP contribution in [0.5, 0.6) is 0 Å². The van der Waals surface area contributed by atoms with E-state index in [2.05, 4.69) is 27.7 Å². The highest BCUT2D eigenvalue weighted by Crippen LogP contribution is 2.60. The van der Waals surface area contributed by atoms with E-state index in [1.54, 1.807) is 44.9 Å². The molecule has 0 nitrogen and oxygen atoms in total. The van der Waals surface area contributed by atoms with E-state index in [0.717, 1.165) is 35.5 Å². The molecule has 0 N–H and O–H groups in total. The SMILES string of the molecule is CCCCCCC(C1CCC(C)CC1)(C1CCC(C)CC1)C1CCC(C)CC1. The summed E-state index contributed by atoms with van der Waals surface area (Å²) < 4.78 is 0. The maximum absolute atomic E-state index is 2.52. The third-order valence-corrected chi connectivity index (χ3v) is 9.79. The van der Waals surface area contributed by atoms with Gasteiger partial charge in [-0.1, -0.05) is 91.9 Å². The minimum atomic E-state index is 0.716. The maximum atomic E-state index is 2.52. The van der Waals surface area contributed by atoms with Crippen LogP contribution in [0.4, 0.5) is 0 Å². The minimum absolute atomic E-state index is 0.716. The van der Waals surface area contributed by atoms with Crippen LogP contribution in [0.3, 0.4) is 0 Å². The van der Waals surface area contributed by atoms with Crippen LogP contribution >= 0.6 is 0 Å². The summed E-state index contributed by atoms with van der Waals surface area (Å²) >= 11 is 0. The first-order valence-corrected chi connectivity index (χ1v) is 13.6. The van der Waals surface area contributed by atoms with Gasteiger partial charge >= 0.3 is 0 Å². The van der Waals surface area contributed by atoms with E-state index in [-0.39, 0.29) is 0 Å². The zero-order valence-corrected chi connectivity index (χ0v) is 20.0. The van der Waals surface area contributed by atoms with Gasteiger partial charge in [-0.2, -0.15) is 0 Å². The molecule has 0 aromatic heterocycles.